The Bertz CT molecular complexity index is 353. The number of terminal acetylenes is 1. The number of aliphatic carboxylic acids is 1. The van der Waals surface area contributed by atoms with Crippen molar-refractivity contribution in [1.82, 2.24) is 0 Å². The molecule has 1 aliphatic heterocycles. The van der Waals surface area contributed by atoms with Gasteiger partial charge in [-0.25, -0.2) is 0 Å². The van der Waals surface area contributed by atoms with Gasteiger partial charge in [-0.15, -0.1) is 6.42 Å². The molecule has 0 saturated heterocycles. The van der Waals surface area contributed by atoms with Gasteiger partial charge in [-0.05, 0) is 12.5 Å². The summed E-state index contributed by atoms with van der Waals surface area (Å²) in [5.74, 6) is -0.0607. The highest BCUT2D eigenvalue weighted by molar-refractivity contribution is 5.80. The largest absolute Gasteiger partial charge is 0.480 e. The van der Waals surface area contributed by atoms with Crippen LogP contribution in [0.4, 0.5) is 0 Å². The summed E-state index contributed by atoms with van der Waals surface area (Å²) in [4.78, 5) is 21.8. The molecule has 0 fully saturated rings. The Hall–Kier alpha value is -1.80. The van der Waals surface area contributed by atoms with E-state index in [0.29, 0.717) is 5.57 Å². The molecule has 0 amide bonds. The van der Waals surface area contributed by atoms with Gasteiger partial charge in [-0.3, -0.25) is 9.59 Å². The molecule has 15 heavy (non-hydrogen) atoms. The molecule has 0 bridgehead atoms. The van der Waals surface area contributed by atoms with E-state index < -0.39 is 23.9 Å². The van der Waals surface area contributed by atoms with Crippen molar-refractivity contribution >= 4 is 11.9 Å². The van der Waals surface area contributed by atoms with Crippen LogP contribution < -0.4 is 5.73 Å². The number of carbonyl (C=O) groups excluding carboxylic acids is 1. The summed E-state index contributed by atoms with van der Waals surface area (Å²) < 4.78 is 4.74. The van der Waals surface area contributed by atoms with Crippen molar-refractivity contribution in [2.45, 2.75) is 12.5 Å². The summed E-state index contributed by atoms with van der Waals surface area (Å²) in [6, 6.07) is -1.11. The van der Waals surface area contributed by atoms with Gasteiger partial charge in [0, 0.05) is 5.57 Å². The number of ether oxygens (including phenoxy) is 1. The second kappa shape index (κ2) is 4.62. The molecule has 80 valence electrons. The van der Waals surface area contributed by atoms with Crippen LogP contribution in [0.25, 0.3) is 0 Å². The third kappa shape index (κ3) is 2.58. The molecule has 1 heterocycles. The second-order valence-corrected chi connectivity index (χ2v) is 3.17. The Morgan fingerprint density at radius 1 is 1.87 bits per heavy atom. The first-order valence-corrected chi connectivity index (χ1v) is 4.38. The van der Waals surface area contributed by atoms with Crippen LogP contribution in [0.5, 0.6) is 0 Å². The average molecular weight is 209 g/mol. The van der Waals surface area contributed by atoms with Crippen LogP contribution in [-0.2, 0) is 14.3 Å². The number of esters is 1. The third-order valence-corrected chi connectivity index (χ3v) is 2.16. The van der Waals surface area contributed by atoms with Crippen LogP contribution in [-0.4, -0.2) is 29.7 Å². The van der Waals surface area contributed by atoms with Crippen molar-refractivity contribution in [1.29, 1.82) is 0 Å². The molecule has 3 N–H and O–H groups in total. The van der Waals surface area contributed by atoms with E-state index in [1.54, 1.807) is 6.08 Å². The van der Waals surface area contributed by atoms with Crippen LogP contribution in [0.3, 0.4) is 0 Å². The maximum Gasteiger partial charge on any atom is 0.320 e. The van der Waals surface area contributed by atoms with Crippen LogP contribution >= 0.6 is 0 Å². The van der Waals surface area contributed by atoms with E-state index in [-0.39, 0.29) is 13.0 Å². The van der Waals surface area contributed by atoms with Crippen LogP contribution in [0.1, 0.15) is 6.42 Å². The molecule has 1 aliphatic rings. The minimum absolute atomic E-state index is 0.0375. The van der Waals surface area contributed by atoms with Crippen LogP contribution in [0.15, 0.2) is 11.6 Å². The third-order valence-electron chi connectivity index (χ3n) is 2.16. The number of carboxylic acid groups (broad SMARTS) is 1. The molecule has 0 aliphatic carbocycles. The maximum atomic E-state index is 11.3. The number of hydrogen-bond acceptors (Lipinski definition) is 4. The minimum Gasteiger partial charge on any atom is -0.480 e. The van der Waals surface area contributed by atoms with E-state index in [1.807, 2.05) is 0 Å². The topological polar surface area (TPSA) is 89.6 Å². The Morgan fingerprint density at radius 2 is 2.53 bits per heavy atom. The summed E-state index contributed by atoms with van der Waals surface area (Å²) in [6.45, 7) is 0.136. The summed E-state index contributed by atoms with van der Waals surface area (Å²) in [5.41, 5.74) is 5.77. The fourth-order valence-electron chi connectivity index (χ4n) is 1.32. The fraction of sp³-hybridized carbons (Fsp3) is 0.400. The highest BCUT2D eigenvalue weighted by atomic mass is 16.5. The SMILES string of the molecule is C#CC1=CCOC(=O)C1C[C@@H](N)C(=O)O. The van der Waals surface area contributed by atoms with E-state index in [4.69, 9.17) is 22.0 Å². The number of nitrogens with two attached hydrogens (primary N) is 1. The molecule has 0 aromatic carbocycles. The number of cyclic esters (lactones) is 1. The lowest BCUT2D eigenvalue weighted by atomic mass is 9.91. The quantitative estimate of drug-likeness (QED) is 0.484. The van der Waals surface area contributed by atoms with E-state index in [2.05, 4.69) is 5.92 Å². The molecule has 2 atom stereocenters. The Morgan fingerprint density at radius 3 is 3.07 bits per heavy atom. The van der Waals surface area contributed by atoms with Crippen molar-refractivity contribution < 1.29 is 19.4 Å². The van der Waals surface area contributed by atoms with Crippen molar-refractivity contribution in [2.24, 2.45) is 11.7 Å². The first kappa shape index (κ1) is 11.3. The first-order valence-electron chi connectivity index (χ1n) is 4.38. The molecule has 5 heteroatoms. The van der Waals surface area contributed by atoms with Gasteiger partial charge in [0.1, 0.15) is 12.6 Å². The number of carbonyl (C=O) groups is 2. The van der Waals surface area contributed by atoms with Gasteiger partial charge in [-0.1, -0.05) is 5.92 Å². The number of rotatable bonds is 3. The van der Waals surface area contributed by atoms with E-state index in [0.717, 1.165) is 0 Å². The minimum atomic E-state index is -1.16. The normalized spacial score (nSPS) is 22.3. The van der Waals surface area contributed by atoms with Gasteiger partial charge in [0.25, 0.3) is 0 Å². The Kier molecular flexibility index (Phi) is 3.47. The monoisotopic (exact) mass is 209 g/mol. The summed E-state index contributed by atoms with van der Waals surface area (Å²) in [7, 11) is 0. The van der Waals surface area contributed by atoms with Crippen molar-refractivity contribution in [3.63, 3.8) is 0 Å². The molecule has 5 nitrogen and oxygen atoms in total. The van der Waals surface area contributed by atoms with E-state index >= 15 is 0 Å². The Balaban J connectivity index is 2.78. The number of carboxylic acids is 1. The molecule has 0 aromatic rings. The fourth-order valence-corrected chi connectivity index (χ4v) is 1.32. The first-order chi connectivity index (χ1) is 7.06. The molecule has 0 saturated carbocycles. The van der Waals surface area contributed by atoms with Gasteiger partial charge < -0.3 is 15.6 Å². The van der Waals surface area contributed by atoms with E-state index in [1.165, 1.54) is 0 Å². The zero-order chi connectivity index (χ0) is 11.4. The molecule has 0 spiro atoms. The highest BCUT2D eigenvalue weighted by Crippen LogP contribution is 2.21. The van der Waals surface area contributed by atoms with Gasteiger partial charge in [0.05, 0.1) is 5.92 Å². The molecule has 1 rings (SSSR count). The molecular formula is C10H11NO4. The zero-order valence-electron chi connectivity index (χ0n) is 7.97. The van der Waals surface area contributed by atoms with Crippen LogP contribution in [0.2, 0.25) is 0 Å². The lowest BCUT2D eigenvalue weighted by Crippen LogP contribution is -2.36. The highest BCUT2D eigenvalue weighted by Gasteiger charge is 2.30. The predicted octanol–water partition coefficient (Wildman–Crippen LogP) is -0.479. The maximum absolute atomic E-state index is 11.3. The molecule has 1 unspecified atom stereocenters. The Labute approximate surface area is 86.9 Å². The smallest absolute Gasteiger partial charge is 0.320 e. The average Bonchev–Trinajstić information content (AvgIpc) is 2.20. The van der Waals surface area contributed by atoms with Gasteiger partial charge in [-0.2, -0.15) is 0 Å². The summed E-state index contributed by atoms with van der Waals surface area (Å²) >= 11 is 0. The van der Waals surface area contributed by atoms with Crippen molar-refractivity contribution in [3.8, 4) is 12.3 Å². The lowest BCUT2D eigenvalue weighted by molar-refractivity contribution is -0.147. The van der Waals surface area contributed by atoms with Crippen LogP contribution in [0, 0.1) is 18.3 Å². The molecule has 0 aromatic heterocycles. The summed E-state index contributed by atoms with van der Waals surface area (Å²) in [5, 5.41) is 8.61. The van der Waals surface area contributed by atoms with Crippen molar-refractivity contribution in [2.75, 3.05) is 6.61 Å². The summed E-state index contributed by atoms with van der Waals surface area (Å²) in [6.07, 6.45) is 6.74. The molecular weight excluding hydrogens is 198 g/mol. The van der Waals surface area contributed by atoms with Gasteiger partial charge in [0.15, 0.2) is 0 Å². The van der Waals surface area contributed by atoms with Gasteiger partial charge >= 0.3 is 11.9 Å². The predicted molar refractivity (Wildman–Crippen MR) is 51.6 cm³/mol. The van der Waals surface area contributed by atoms with E-state index in [9.17, 15) is 9.59 Å². The molecule has 0 radical (unpaired) electrons. The zero-order valence-corrected chi connectivity index (χ0v) is 7.97. The second-order valence-electron chi connectivity index (χ2n) is 3.17. The number of hydrogen-bond donors (Lipinski definition) is 2. The van der Waals surface area contributed by atoms with Crippen molar-refractivity contribution in [3.05, 3.63) is 11.6 Å². The van der Waals surface area contributed by atoms with Gasteiger partial charge in [0.2, 0.25) is 0 Å². The lowest BCUT2D eigenvalue weighted by Gasteiger charge is -2.21. The standard InChI is InChI=1S/C10H11NO4/c1-2-6-3-4-15-10(14)7(6)5-8(11)9(12)13/h1,3,7-8H,4-5,11H2,(H,12,13)/t7?,8-/m1/s1.